The van der Waals surface area contributed by atoms with E-state index in [0.29, 0.717) is 5.92 Å². The lowest BCUT2D eigenvalue weighted by Crippen LogP contribution is -2.37. The largest absolute Gasteiger partial charge is 0.339 e. The van der Waals surface area contributed by atoms with Crippen LogP contribution in [0.1, 0.15) is 40.2 Å². The van der Waals surface area contributed by atoms with Crippen LogP contribution in [0.15, 0.2) is 41.1 Å². The van der Waals surface area contributed by atoms with Gasteiger partial charge in [-0.25, -0.2) is 0 Å². The summed E-state index contributed by atoms with van der Waals surface area (Å²) in [7, 11) is 0. The topological polar surface area (TPSA) is 20.3 Å². The normalized spacial score (nSPS) is 16.4. The quantitative estimate of drug-likeness (QED) is 0.814. The van der Waals surface area contributed by atoms with E-state index >= 15 is 0 Å². The van der Waals surface area contributed by atoms with Crippen LogP contribution < -0.4 is 0 Å². The summed E-state index contributed by atoms with van der Waals surface area (Å²) in [6.45, 7) is 3.76. The van der Waals surface area contributed by atoms with Gasteiger partial charge in [0.2, 0.25) is 0 Å². The van der Waals surface area contributed by atoms with Gasteiger partial charge >= 0.3 is 0 Å². The van der Waals surface area contributed by atoms with Crippen LogP contribution in [0.4, 0.5) is 0 Å². The lowest BCUT2D eigenvalue weighted by Gasteiger charge is -2.32. The zero-order chi connectivity index (χ0) is 13.9. The first-order chi connectivity index (χ1) is 9.74. The molecule has 3 rings (SSSR count). The second kappa shape index (κ2) is 5.80. The highest BCUT2D eigenvalue weighted by Gasteiger charge is 2.24. The number of carbonyl (C=O) groups is 1. The summed E-state index contributed by atoms with van der Waals surface area (Å²) in [4.78, 5) is 14.5. The Balaban J connectivity index is 1.65. The molecule has 0 N–H and O–H groups in total. The van der Waals surface area contributed by atoms with Crippen LogP contribution in [0.2, 0.25) is 0 Å². The van der Waals surface area contributed by atoms with Gasteiger partial charge in [0.05, 0.1) is 0 Å². The molecule has 2 aromatic rings. The van der Waals surface area contributed by atoms with Gasteiger partial charge in [-0.15, -0.1) is 0 Å². The van der Waals surface area contributed by atoms with Crippen LogP contribution in [0, 0.1) is 6.92 Å². The molecule has 2 nitrogen and oxygen atoms in total. The Bertz CT molecular complexity index is 583. The summed E-state index contributed by atoms with van der Waals surface area (Å²) in [6.07, 6.45) is 2.16. The first-order valence-corrected chi connectivity index (χ1v) is 8.06. The maximum atomic E-state index is 12.5. The van der Waals surface area contributed by atoms with Crippen molar-refractivity contribution in [3.63, 3.8) is 0 Å². The summed E-state index contributed by atoms with van der Waals surface area (Å²) in [5.41, 5.74) is 3.40. The minimum atomic E-state index is 0.178. The van der Waals surface area contributed by atoms with E-state index in [1.54, 1.807) is 11.3 Å². The van der Waals surface area contributed by atoms with E-state index in [1.165, 1.54) is 5.56 Å². The number of aryl methyl sites for hydroxylation is 1. The SMILES string of the molecule is Cc1cccc(C(=O)N2CCC(c3ccsc3)CC2)c1. The minimum Gasteiger partial charge on any atom is -0.339 e. The third kappa shape index (κ3) is 2.78. The minimum absolute atomic E-state index is 0.178. The van der Waals surface area contributed by atoms with Crippen molar-refractivity contribution < 1.29 is 4.79 Å². The molecule has 0 bridgehead atoms. The van der Waals surface area contributed by atoms with Gasteiger partial charge in [0.15, 0.2) is 0 Å². The van der Waals surface area contributed by atoms with Crippen molar-refractivity contribution in [2.24, 2.45) is 0 Å². The number of hydrogen-bond donors (Lipinski definition) is 0. The van der Waals surface area contributed by atoms with E-state index in [1.807, 2.05) is 36.1 Å². The number of piperidine rings is 1. The first-order valence-electron chi connectivity index (χ1n) is 7.12. The summed E-state index contributed by atoms with van der Waals surface area (Å²) in [5.74, 6) is 0.806. The maximum Gasteiger partial charge on any atom is 0.253 e. The molecule has 1 amide bonds. The zero-order valence-corrected chi connectivity index (χ0v) is 12.5. The fourth-order valence-corrected chi connectivity index (χ4v) is 3.63. The second-order valence-electron chi connectivity index (χ2n) is 5.49. The molecular weight excluding hydrogens is 266 g/mol. The Hall–Kier alpha value is -1.61. The predicted molar refractivity (Wildman–Crippen MR) is 83.4 cm³/mol. The number of nitrogens with zero attached hydrogens (tertiary/aromatic N) is 1. The number of rotatable bonds is 2. The Labute approximate surface area is 124 Å². The smallest absolute Gasteiger partial charge is 0.253 e. The fraction of sp³-hybridized carbons (Fsp3) is 0.353. The van der Waals surface area contributed by atoms with Crippen molar-refractivity contribution in [1.82, 2.24) is 4.90 Å². The van der Waals surface area contributed by atoms with Crippen LogP contribution in [-0.2, 0) is 0 Å². The van der Waals surface area contributed by atoms with Crippen LogP contribution in [0.5, 0.6) is 0 Å². The fourth-order valence-electron chi connectivity index (χ4n) is 2.88. The maximum absolute atomic E-state index is 12.5. The van der Waals surface area contributed by atoms with Crippen LogP contribution >= 0.6 is 11.3 Å². The van der Waals surface area contributed by atoms with Gasteiger partial charge in [-0.2, -0.15) is 11.3 Å². The predicted octanol–water partition coefficient (Wildman–Crippen LogP) is 4.08. The number of likely N-dealkylation sites (tertiary alicyclic amines) is 1. The number of hydrogen-bond acceptors (Lipinski definition) is 2. The van der Waals surface area contributed by atoms with E-state index in [9.17, 15) is 4.79 Å². The van der Waals surface area contributed by atoms with Crippen molar-refractivity contribution in [2.45, 2.75) is 25.7 Å². The van der Waals surface area contributed by atoms with E-state index in [2.05, 4.69) is 16.8 Å². The van der Waals surface area contributed by atoms with Gasteiger partial charge in [0.1, 0.15) is 0 Å². The van der Waals surface area contributed by atoms with Crippen LogP contribution in [0.25, 0.3) is 0 Å². The molecule has 2 heterocycles. The second-order valence-corrected chi connectivity index (χ2v) is 6.27. The van der Waals surface area contributed by atoms with E-state index in [-0.39, 0.29) is 5.91 Å². The molecule has 1 saturated heterocycles. The molecule has 1 fully saturated rings. The van der Waals surface area contributed by atoms with Gasteiger partial charge in [0, 0.05) is 18.7 Å². The van der Waals surface area contributed by atoms with Gasteiger partial charge in [-0.05, 0) is 60.2 Å². The molecule has 1 aromatic carbocycles. The molecule has 20 heavy (non-hydrogen) atoms. The number of thiophene rings is 1. The third-order valence-corrected chi connectivity index (χ3v) is 4.76. The highest BCUT2D eigenvalue weighted by molar-refractivity contribution is 7.07. The summed E-state index contributed by atoms with van der Waals surface area (Å²) in [5, 5.41) is 4.38. The van der Waals surface area contributed by atoms with Crippen LogP contribution in [0.3, 0.4) is 0 Å². The first kappa shape index (κ1) is 13.4. The molecule has 0 aliphatic carbocycles. The van der Waals surface area contributed by atoms with Gasteiger partial charge in [-0.1, -0.05) is 17.7 Å². The molecule has 1 aliphatic rings. The summed E-state index contributed by atoms with van der Waals surface area (Å²) >= 11 is 1.76. The number of carbonyl (C=O) groups excluding carboxylic acids is 1. The highest BCUT2D eigenvalue weighted by Crippen LogP contribution is 2.29. The van der Waals surface area contributed by atoms with Crippen molar-refractivity contribution >= 4 is 17.2 Å². The third-order valence-electron chi connectivity index (χ3n) is 4.06. The van der Waals surface area contributed by atoms with E-state index in [4.69, 9.17) is 0 Å². The molecule has 3 heteroatoms. The lowest BCUT2D eigenvalue weighted by atomic mass is 9.91. The Morgan fingerprint density at radius 2 is 2.05 bits per heavy atom. The standard InChI is InChI=1S/C17H19NOS/c1-13-3-2-4-15(11-13)17(19)18-8-5-14(6-9-18)16-7-10-20-12-16/h2-4,7,10-12,14H,5-6,8-9H2,1H3. The molecule has 1 aromatic heterocycles. The molecule has 1 aliphatic heterocycles. The van der Waals surface area contributed by atoms with Crippen molar-refractivity contribution in [3.05, 3.63) is 57.8 Å². The Kier molecular flexibility index (Phi) is 3.88. The van der Waals surface area contributed by atoms with Crippen molar-refractivity contribution in [1.29, 1.82) is 0 Å². The average molecular weight is 285 g/mol. The average Bonchev–Trinajstić information content (AvgIpc) is 3.01. The summed E-state index contributed by atoms with van der Waals surface area (Å²) in [6, 6.07) is 10.1. The van der Waals surface area contributed by atoms with Crippen molar-refractivity contribution in [3.8, 4) is 0 Å². The number of amides is 1. The zero-order valence-electron chi connectivity index (χ0n) is 11.7. The molecule has 0 unspecified atom stereocenters. The molecule has 0 radical (unpaired) electrons. The molecule has 0 spiro atoms. The number of benzene rings is 1. The molecular formula is C17H19NOS. The molecule has 0 atom stereocenters. The molecule has 0 saturated carbocycles. The summed E-state index contributed by atoms with van der Waals surface area (Å²) < 4.78 is 0. The van der Waals surface area contributed by atoms with Gasteiger partial charge in [-0.3, -0.25) is 4.79 Å². The molecule has 104 valence electrons. The van der Waals surface area contributed by atoms with Crippen LogP contribution in [-0.4, -0.2) is 23.9 Å². The Morgan fingerprint density at radius 1 is 1.25 bits per heavy atom. The lowest BCUT2D eigenvalue weighted by molar-refractivity contribution is 0.0713. The van der Waals surface area contributed by atoms with Gasteiger partial charge < -0.3 is 4.90 Å². The van der Waals surface area contributed by atoms with E-state index in [0.717, 1.165) is 37.1 Å². The highest BCUT2D eigenvalue weighted by atomic mass is 32.1. The Morgan fingerprint density at radius 3 is 2.70 bits per heavy atom. The van der Waals surface area contributed by atoms with Gasteiger partial charge in [0.25, 0.3) is 5.91 Å². The monoisotopic (exact) mass is 285 g/mol. The van der Waals surface area contributed by atoms with Crippen molar-refractivity contribution in [2.75, 3.05) is 13.1 Å². The van der Waals surface area contributed by atoms with E-state index < -0.39 is 0 Å².